The molecule has 1 amide bonds. The molecule has 2 heterocycles. The van der Waals surface area contributed by atoms with Gasteiger partial charge in [0.15, 0.2) is 0 Å². The molecule has 0 unspecified atom stereocenters. The molecule has 17 heavy (non-hydrogen) atoms. The molecule has 0 bridgehead atoms. The van der Waals surface area contributed by atoms with Gasteiger partial charge < -0.3 is 5.32 Å². The van der Waals surface area contributed by atoms with Gasteiger partial charge >= 0.3 is 0 Å². The van der Waals surface area contributed by atoms with Crippen LogP contribution >= 0.6 is 11.3 Å². The van der Waals surface area contributed by atoms with Crippen molar-refractivity contribution < 1.29 is 4.79 Å². The van der Waals surface area contributed by atoms with Crippen LogP contribution in [-0.2, 0) is 6.54 Å². The van der Waals surface area contributed by atoms with Crippen molar-refractivity contribution >= 4 is 17.2 Å². The van der Waals surface area contributed by atoms with Crippen LogP contribution in [-0.4, -0.2) is 27.2 Å². The Kier molecular flexibility index (Phi) is 3.53. The van der Waals surface area contributed by atoms with Crippen LogP contribution in [0.3, 0.4) is 0 Å². The van der Waals surface area contributed by atoms with Crippen molar-refractivity contribution in [3.63, 3.8) is 0 Å². The first-order valence-electron chi connectivity index (χ1n) is 5.34. The molecule has 2 rings (SSSR count). The van der Waals surface area contributed by atoms with Gasteiger partial charge in [-0.15, -0.1) is 11.3 Å². The lowest BCUT2D eigenvalue weighted by Crippen LogP contribution is -2.27. The van der Waals surface area contributed by atoms with Crippen LogP contribution in [0, 0.1) is 13.8 Å². The maximum absolute atomic E-state index is 11.7. The summed E-state index contributed by atoms with van der Waals surface area (Å²) in [5.41, 5.74) is 1.61. The number of amides is 1. The molecule has 0 atom stereocenters. The molecule has 0 aliphatic heterocycles. The summed E-state index contributed by atoms with van der Waals surface area (Å²) in [7, 11) is 0. The van der Waals surface area contributed by atoms with E-state index in [1.807, 2.05) is 24.7 Å². The van der Waals surface area contributed by atoms with E-state index in [0.717, 1.165) is 10.6 Å². The molecule has 0 aromatic carbocycles. The van der Waals surface area contributed by atoms with Crippen LogP contribution in [0.4, 0.5) is 0 Å². The normalized spacial score (nSPS) is 10.5. The lowest BCUT2D eigenvalue weighted by molar-refractivity contribution is 0.0947. The first-order valence-corrected chi connectivity index (χ1v) is 6.22. The number of nitrogens with one attached hydrogen (secondary N) is 1. The monoisotopic (exact) mass is 250 g/mol. The molecule has 0 saturated heterocycles. The van der Waals surface area contributed by atoms with E-state index < -0.39 is 0 Å². The number of rotatable bonds is 4. The van der Waals surface area contributed by atoms with Gasteiger partial charge in [0.1, 0.15) is 5.69 Å². The summed E-state index contributed by atoms with van der Waals surface area (Å²) in [6, 6.07) is 0. The van der Waals surface area contributed by atoms with Crippen LogP contribution in [0.25, 0.3) is 0 Å². The van der Waals surface area contributed by atoms with Gasteiger partial charge in [-0.25, -0.2) is 4.98 Å². The largest absolute Gasteiger partial charge is 0.349 e. The van der Waals surface area contributed by atoms with Gasteiger partial charge in [0.25, 0.3) is 5.91 Å². The van der Waals surface area contributed by atoms with Crippen LogP contribution in [0.15, 0.2) is 17.8 Å². The molecule has 0 spiro atoms. The molecule has 0 aliphatic carbocycles. The third-order valence-corrected chi connectivity index (χ3v) is 3.01. The van der Waals surface area contributed by atoms with Crippen molar-refractivity contribution in [1.82, 2.24) is 20.1 Å². The number of thiazole rings is 1. The number of aromatic nitrogens is 3. The van der Waals surface area contributed by atoms with E-state index in [2.05, 4.69) is 15.4 Å². The van der Waals surface area contributed by atoms with Crippen molar-refractivity contribution in [2.45, 2.75) is 20.4 Å². The summed E-state index contributed by atoms with van der Waals surface area (Å²) < 4.78 is 1.81. The first-order chi connectivity index (χ1) is 8.15. The summed E-state index contributed by atoms with van der Waals surface area (Å²) in [5, 5.41) is 9.62. The van der Waals surface area contributed by atoms with Gasteiger partial charge in [0, 0.05) is 18.1 Å². The lowest BCUT2D eigenvalue weighted by Gasteiger charge is -2.03. The van der Waals surface area contributed by atoms with Gasteiger partial charge in [-0.2, -0.15) is 5.10 Å². The van der Waals surface area contributed by atoms with E-state index in [1.54, 1.807) is 11.6 Å². The highest BCUT2D eigenvalue weighted by Crippen LogP contribution is 2.07. The molecular formula is C11H14N4OS. The Morgan fingerprint density at radius 1 is 1.53 bits per heavy atom. The van der Waals surface area contributed by atoms with E-state index >= 15 is 0 Å². The zero-order valence-electron chi connectivity index (χ0n) is 9.80. The molecule has 0 aliphatic rings. The minimum Gasteiger partial charge on any atom is -0.349 e. The fourth-order valence-electron chi connectivity index (χ4n) is 1.43. The van der Waals surface area contributed by atoms with E-state index in [9.17, 15) is 4.79 Å². The number of carbonyl (C=O) groups excluding carboxylic acids is 1. The summed E-state index contributed by atoms with van der Waals surface area (Å²) in [6.45, 7) is 5.09. The maximum atomic E-state index is 11.7. The minimum absolute atomic E-state index is 0.127. The third-order valence-electron chi connectivity index (χ3n) is 2.24. The Hall–Kier alpha value is -1.69. The van der Waals surface area contributed by atoms with Crippen molar-refractivity contribution in [2.75, 3.05) is 6.54 Å². The second-order valence-corrected chi connectivity index (χ2v) is 4.85. The molecule has 2 aromatic heterocycles. The van der Waals surface area contributed by atoms with Crippen molar-refractivity contribution in [3.8, 4) is 0 Å². The molecule has 1 N–H and O–H groups in total. The number of hydrogen-bond donors (Lipinski definition) is 1. The highest BCUT2D eigenvalue weighted by atomic mass is 32.1. The minimum atomic E-state index is -0.127. The predicted octanol–water partition coefficient (Wildman–Crippen LogP) is 1.39. The second-order valence-electron chi connectivity index (χ2n) is 3.79. The van der Waals surface area contributed by atoms with Gasteiger partial charge in [-0.3, -0.25) is 9.48 Å². The molecule has 0 fully saturated rings. The molecule has 6 heteroatoms. The van der Waals surface area contributed by atoms with Gasteiger partial charge in [0.05, 0.1) is 17.7 Å². The van der Waals surface area contributed by atoms with Crippen molar-refractivity contribution in [3.05, 3.63) is 34.0 Å². The highest BCUT2D eigenvalue weighted by molar-refractivity contribution is 7.09. The van der Waals surface area contributed by atoms with Crippen LogP contribution < -0.4 is 5.32 Å². The van der Waals surface area contributed by atoms with Crippen molar-refractivity contribution in [2.24, 2.45) is 0 Å². The summed E-state index contributed by atoms with van der Waals surface area (Å²) in [5.74, 6) is -0.127. The van der Waals surface area contributed by atoms with Gasteiger partial charge in [-0.1, -0.05) is 0 Å². The number of carbonyl (C=O) groups is 1. The lowest BCUT2D eigenvalue weighted by atomic mass is 10.4. The quantitative estimate of drug-likeness (QED) is 0.892. The van der Waals surface area contributed by atoms with E-state index in [4.69, 9.17) is 0 Å². The predicted molar refractivity (Wildman–Crippen MR) is 66.1 cm³/mol. The van der Waals surface area contributed by atoms with Gasteiger partial charge in [0.2, 0.25) is 0 Å². The van der Waals surface area contributed by atoms with Crippen LogP contribution in [0.5, 0.6) is 0 Å². The standard InChI is InChI=1S/C11H14N4OS/c1-8-5-13-15(6-8)4-3-12-11(16)10-7-17-9(2)14-10/h5-7H,3-4H2,1-2H3,(H,12,16). The molecule has 5 nitrogen and oxygen atoms in total. The Morgan fingerprint density at radius 2 is 2.35 bits per heavy atom. The number of nitrogens with zero attached hydrogens (tertiary/aromatic N) is 3. The van der Waals surface area contributed by atoms with Crippen LogP contribution in [0.2, 0.25) is 0 Å². The SMILES string of the molecule is Cc1cnn(CCNC(=O)c2csc(C)n2)c1. The maximum Gasteiger partial charge on any atom is 0.270 e. The Balaban J connectivity index is 1.81. The Bertz CT molecular complexity index is 517. The first kappa shape index (κ1) is 11.8. The zero-order chi connectivity index (χ0) is 12.3. The third kappa shape index (κ3) is 3.13. The topological polar surface area (TPSA) is 59.8 Å². The summed E-state index contributed by atoms with van der Waals surface area (Å²) in [4.78, 5) is 15.8. The zero-order valence-corrected chi connectivity index (χ0v) is 10.6. The summed E-state index contributed by atoms with van der Waals surface area (Å²) in [6.07, 6.45) is 3.74. The van der Waals surface area contributed by atoms with E-state index in [1.165, 1.54) is 11.3 Å². The molecule has 2 aromatic rings. The molecule has 0 radical (unpaired) electrons. The van der Waals surface area contributed by atoms with Gasteiger partial charge in [-0.05, 0) is 19.4 Å². The second kappa shape index (κ2) is 5.09. The van der Waals surface area contributed by atoms with E-state index in [0.29, 0.717) is 18.8 Å². The Morgan fingerprint density at radius 3 is 2.94 bits per heavy atom. The summed E-state index contributed by atoms with van der Waals surface area (Å²) >= 11 is 1.48. The highest BCUT2D eigenvalue weighted by Gasteiger charge is 2.08. The molecule has 0 saturated carbocycles. The number of aryl methyl sites for hydroxylation is 2. The van der Waals surface area contributed by atoms with E-state index in [-0.39, 0.29) is 5.91 Å². The Labute approximate surface area is 103 Å². The van der Waals surface area contributed by atoms with Crippen LogP contribution in [0.1, 0.15) is 21.1 Å². The fourth-order valence-corrected chi connectivity index (χ4v) is 2.02. The average molecular weight is 250 g/mol. The number of hydrogen-bond acceptors (Lipinski definition) is 4. The average Bonchev–Trinajstić information content (AvgIpc) is 2.88. The fraction of sp³-hybridized carbons (Fsp3) is 0.364. The van der Waals surface area contributed by atoms with Crippen molar-refractivity contribution in [1.29, 1.82) is 0 Å². The smallest absolute Gasteiger partial charge is 0.270 e. The molecule has 90 valence electrons. The molecular weight excluding hydrogens is 236 g/mol.